The smallest absolute Gasteiger partial charge is 0.235 e. The molecule has 4 rings (SSSR count). The Hall–Kier alpha value is -3.15. The third-order valence-electron chi connectivity index (χ3n) is 5.84. The first kappa shape index (κ1) is 22.1. The number of amides is 1. The van der Waals surface area contributed by atoms with Crippen LogP contribution >= 0.6 is 11.8 Å². The first-order valence-electron chi connectivity index (χ1n) is 10.5. The van der Waals surface area contributed by atoms with Crippen LogP contribution < -0.4 is 27.0 Å². The number of nitrogens with zero attached hydrogens (tertiary/aromatic N) is 4. The van der Waals surface area contributed by atoms with E-state index in [-0.39, 0.29) is 6.04 Å². The summed E-state index contributed by atoms with van der Waals surface area (Å²) in [6.07, 6.45) is 1.37. The Balaban J connectivity index is 1.78. The fourth-order valence-electron chi connectivity index (χ4n) is 4.22. The third-order valence-corrected chi connectivity index (χ3v) is 7.10. The van der Waals surface area contributed by atoms with E-state index in [9.17, 15) is 15.3 Å². The number of aromatic nitrogens is 1. The number of rotatable bonds is 6. The topological polar surface area (TPSA) is 143 Å². The van der Waals surface area contributed by atoms with Crippen LogP contribution in [0.1, 0.15) is 40.8 Å². The molecule has 0 radical (unpaired) electrons. The van der Waals surface area contributed by atoms with Crippen molar-refractivity contribution in [2.24, 2.45) is 5.73 Å². The fraction of sp³-hybridized carbons (Fsp3) is 0.364. The summed E-state index contributed by atoms with van der Waals surface area (Å²) in [6.45, 7) is 3.29. The van der Waals surface area contributed by atoms with Crippen LogP contribution in [0.15, 0.2) is 35.4 Å². The molecule has 0 spiro atoms. The van der Waals surface area contributed by atoms with Gasteiger partial charge in [0.15, 0.2) is 0 Å². The Morgan fingerprint density at radius 1 is 1.25 bits per heavy atom. The molecule has 2 saturated heterocycles. The van der Waals surface area contributed by atoms with Crippen molar-refractivity contribution in [2.75, 3.05) is 18.0 Å². The van der Waals surface area contributed by atoms with E-state index in [0.717, 1.165) is 30.3 Å². The summed E-state index contributed by atoms with van der Waals surface area (Å²) in [5, 5.41) is 19.6. The zero-order valence-corrected chi connectivity index (χ0v) is 18.4. The molecule has 0 bridgehead atoms. The lowest BCUT2D eigenvalue weighted by Gasteiger charge is -2.35. The van der Waals surface area contributed by atoms with E-state index in [4.69, 9.17) is 10.7 Å². The van der Waals surface area contributed by atoms with E-state index < -0.39 is 11.2 Å². The molecular weight excluding hydrogens is 424 g/mol. The van der Waals surface area contributed by atoms with Crippen LogP contribution in [0.5, 0.6) is 0 Å². The van der Waals surface area contributed by atoms with Crippen LogP contribution in [0.3, 0.4) is 0 Å². The predicted octanol–water partition coefficient (Wildman–Crippen LogP) is 1.27. The predicted molar refractivity (Wildman–Crippen MR) is 121 cm³/mol. The molecule has 0 aliphatic carbocycles. The minimum atomic E-state index is -0.697. The molecule has 3 atom stereocenters. The van der Waals surface area contributed by atoms with E-state index >= 15 is 0 Å². The largest absolute Gasteiger partial charge is 0.368 e. The second kappa shape index (κ2) is 9.55. The number of nitrogens with two attached hydrogens (primary N) is 1. The lowest BCUT2D eigenvalue weighted by Crippen LogP contribution is -2.51. The molecule has 1 aromatic carbocycles. The number of carbonyl (C=O) groups is 1. The number of piperidine rings is 1. The van der Waals surface area contributed by atoms with Crippen molar-refractivity contribution >= 4 is 23.5 Å². The van der Waals surface area contributed by atoms with Crippen molar-refractivity contribution in [2.45, 2.75) is 42.1 Å². The monoisotopic (exact) mass is 448 g/mol. The van der Waals surface area contributed by atoms with E-state index in [1.54, 1.807) is 0 Å². The SMILES string of the molecule is CCc1c(C#N)c(SC(C(N)=O)c2ccccc2)nc(N2CCC3NNNC3C2)c1C#N. The summed E-state index contributed by atoms with van der Waals surface area (Å²) in [4.78, 5) is 19.2. The van der Waals surface area contributed by atoms with Gasteiger partial charge in [-0.2, -0.15) is 16.1 Å². The Bertz CT molecular complexity index is 1090. The Morgan fingerprint density at radius 3 is 2.62 bits per heavy atom. The van der Waals surface area contributed by atoms with Gasteiger partial charge in [0, 0.05) is 19.1 Å². The molecule has 2 aliphatic heterocycles. The van der Waals surface area contributed by atoms with Crippen molar-refractivity contribution in [3.05, 3.63) is 52.6 Å². The minimum Gasteiger partial charge on any atom is -0.368 e. The van der Waals surface area contributed by atoms with Gasteiger partial charge < -0.3 is 10.6 Å². The normalized spacial score (nSPS) is 20.8. The molecule has 2 aromatic rings. The number of hydrazine groups is 2. The first-order chi connectivity index (χ1) is 15.6. The lowest BCUT2D eigenvalue weighted by atomic mass is 9.98. The number of nitrogens with one attached hydrogen (secondary N) is 3. The van der Waals surface area contributed by atoms with Crippen LogP contribution in [-0.4, -0.2) is 36.1 Å². The molecule has 5 N–H and O–H groups in total. The molecule has 2 fully saturated rings. The number of primary amides is 1. The summed E-state index contributed by atoms with van der Waals surface area (Å²) in [6, 6.07) is 14.2. The van der Waals surface area contributed by atoms with Gasteiger partial charge in [-0.05, 0) is 24.0 Å². The molecule has 9 nitrogen and oxygen atoms in total. The highest BCUT2D eigenvalue weighted by Gasteiger charge is 2.35. The number of fused-ring (bicyclic) bond motifs is 1. The average Bonchev–Trinajstić information content (AvgIpc) is 3.29. The van der Waals surface area contributed by atoms with Crippen LogP contribution in [0.2, 0.25) is 0 Å². The van der Waals surface area contributed by atoms with Gasteiger partial charge in [-0.25, -0.2) is 15.8 Å². The molecule has 164 valence electrons. The Kier molecular flexibility index (Phi) is 6.58. The standard InChI is InChI=1S/C22H24N8OS/c1-2-14-15(10-23)21(30-9-8-17-18(12-30)28-29-27-17)26-22(16(14)11-24)32-19(20(25)31)13-6-4-3-5-7-13/h3-7,17-19,27-29H,2,8-9,12H2,1H3,(H2,25,31). The van der Waals surface area contributed by atoms with E-state index in [2.05, 4.69) is 33.4 Å². The van der Waals surface area contributed by atoms with Crippen molar-refractivity contribution in [3.8, 4) is 12.1 Å². The maximum atomic E-state index is 12.3. The van der Waals surface area contributed by atoms with Gasteiger partial charge in [-0.15, -0.1) is 0 Å². The fourth-order valence-corrected chi connectivity index (χ4v) is 5.28. The van der Waals surface area contributed by atoms with Gasteiger partial charge in [-0.3, -0.25) is 4.79 Å². The molecule has 10 heteroatoms. The number of anilines is 1. The van der Waals surface area contributed by atoms with Crippen LogP contribution in [0.4, 0.5) is 5.82 Å². The van der Waals surface area contributed by atoms with Gasteiger partial charge in [0.05, 0.1) is 17.2 Å². The van der Waals surface area contributed by atoms with Gasteiger partial charge in [-0.1, -0.05) is 49.0 Å². The summed E-state index contributed by atoms with van der Waals surface area (Å²) in [5.74, 6) is 0.0400. The number of benzene rings is 1. The number of carbonyl (C=O) groups excluding carboxylic acids is 1. The van der Waals surface area contributed by atoms with Crippen molar-refractivity contribution < 1.29 is 4.79 Å². The molecule has 1 amide bonds. The highest BCUT2D eigenvalue weighted by Crippen LogP contribution is 2.39. The first-order valence-corrected chi connectivity index (χ1v) is 11.3. The summed E-state index contributed by atoms with van der Waals surface area (Å²) < 4.78 is 0. The maximum absolute atomic E-state index is 12.3. The number of thioether (sulfide) groups is 1. The lowest BCUT2D eigenvalue weighted by molar-refractivity contribution is -0.117. The second-order valence-corrected chi connectivity index (χ2v) is 8.81. The van der Waals surface area contributed by atoms with Crippen LogP contribution in [-0.2, 0) is 11.2 Å². The van der Waals surface area contributed by atoms with Crippen molar-refractivity contribution in [3.63, 3.8) is 0 Å². The van der Waals surface area contributed by atoms with Gasteiger partial charge >= 0.3 is 0 Å². The average molecular weight is 449 g/mol. The Labute approximate surface area is 190 Å². The quantitative estimate of drug-likeness (QED) is 0.480. The summed E-state index contributed by atoms with van der Waals surface area (Å²) in [5.41, 5.74) is 17.2. The maximum Gasteiger partial charge on any atom is 0.235 e. The zero-order valence-electron chi connectivity index (χ0n) is 17.6. The van der Waals surface area contributed by atoms with E-state index in [1.165, 1.54) is 0 Å². The highest BCUT2D eigenvalue weighted by atomic mass is 32.2. The summed E-state index contributed by atoms with van der Waals surface area (Å²) >= 11 is 1.16. The van der Waals surface area contributed by atoms with Gasteiger partial charge in [0.2, 0.25) is 5.91 Å². The van der Waals surface area contributed by atoms with E-state index in [1.807, 2.05) is 37.3 Å². The van der Waals surface area contributed by atoms with E-state index in [0.29, 0.717) is 46.5 Å². The molecule has 3 unspecified atom stereocenters. The second-order valence-electron chi connectivity index (χ2n) is 7.72. The number of hydrogen-bond donors (Lipinski definition) is 4. The molecule has 3 heterocycles. The molecular formula is C22H24N8OS. The number of nitriles is 2. The third kappa shape index (κ3) is 4.14. The van der Waals surface area contributed by atoms with Crippen LogP contribution in [0, 0.1) is 22.7 Å². The Morgan fingerprint density at radius 2 is 1.97 bits per heavy atom. The molecule has 1 aromatic heterocycles. The molecule has 32 heavy (non-hydrogen) atoms. The molecule has 0 saturated carbocycles. The number of hydrogen-bond acceptors (Lipinski definition) is 9. The minimum absolute atomic E-state index is 0.164. The van der Waals surface area contributed by atoms with Gasteiger partial charge in [0.1, 0.15) is 28.2 Å². The van der Waals surface area contributed by atoms with Gasteiger partial charge in [0.25, 0.3) is 0 Å². The highest BCUT2D eigenvalue weighted by molar-refractivity contribution is 8.00. The summed E-state index contributed by atoms with van der Waals surface area (Å²) in [7, 11) is 0. The number of pyridine rings is 1. The van der Waals surface area contributed by atoms with Crippen LogP contribution in [0.25, 0.3) is 0 Å². The molecule has 2 aliphatic rings. The zero-order chi connectivity index (χ0) is 22.7. The van der Waals surface area contributed by atoms with Crippen molar-refractivity contribution in [1.29, 1.82) is 10.5 Å². The van der Waals surface area contributed by atoms with Crippen molar-refractivity contribution in [1.82, 2.24) is 21.4 Å².